The highest BCUT2D eigenvalue weighted by atomic mass is 16.7. The maximum Gasteiger partial charge on any atom is 0.328 e. The van der Waals surface area contributed by atoms with Gasteiger partial charge in [0.2, 0.25) is 18.3 Å². The van der Waals surface area contributed by atoms with E-state index >= 15 is 0 Å². The van der Waals surface area contributed by atoms with Crippen LogP contribution in [-0.4, -0.2) is 48.7 Å². The second-order valence-electron chi connectivity index (χ2n) is 9.83. The number of urea groups is 1. The maximum absolute atomic E-state index is 13.3. The predicted octanol–water partition coefficient (Wildman–Crippen LogP) is 4.16. The largest absolute Gasteiger partial charge is 0.493 e. The van der Waals surface area contributed by atoms with Crippen molar-refractivity contribution in [2.75, 3.05) is 25.9 Å². The van der Waals surface area contributed by atoms with Gasteiger partial charge in [-0.2, -0.15) is 5.10 Å². The number of methoxy groups -OCH3 is 2. The third-order valence-corrected chi connectivity index (χ3v) is 6.68. The number of aliphatic imine (C=N–C) groups is 1. The van der Waals surface area contributed by atoms with Crippen molar-refractivity contribution in [1.82, 2.24) is 15.1 Å². The molecule has 3 aliphatic heterocycles. The zero-order valence-electron chi connectivity index (χ0n) is 20.7. The van der Waals surface area contributed by atoms with Crippen molar-refractivity contribution >= 4 is 23.4 Å². The molecule has 0 aliphatic carbocycles. The molecular weight excluding hydrogens is 462 g/mol. The Morgan fingerprint density at radius 1 is 1.06 bits per heavy atom. The fourth-order valence-corrected chi connectivity index (χ4v) is 5.19. The first-order valence-corrected chi connectivity index (χ1v) is 11.7. The fourth-order valence-electron chi connectivity index (χ4n) is 5.19. The van der Waals surface area contributed by atoms with Gasteiger partial charge in [-0.15, -0.1) is 0 Å². The second kappa shape index (κ2) is 7.91. The van der Waals surface area contributed by atoms with E-state index in [0.29, 0.717) is 34.7 Å². The topological polar surface area (TPSA) is 99.4 Å². The highest BCUT2D eigenvalue weighted by molar-refractivity contribution is 6.18. The molecule has 6 rings (SSSR count). The summed E-state index contributed by atoms with van der Waals surface area (Å²) < 4.78 is 24.9. The molecule has 2 atom stereocenters. The summed E-state index contributed by atoms with van der Waals surface area (Å²) in [6, 6.07) is 10.7. The van der Waals surface area contributed by atoms with E-state index in [9.17, 15) is 4.79 Å². The summed E-state index contributed by atoms with van der Waals surface area (Å²) in [4.78, 5) is 20.0. The van der Waals surface area contributed by atoms with Gasteiger partial charge in [0, 0.05) is 22.7 Å². The van der Waals surface area contributed by atoms with Crippen molar-refractivity contribution in [3.63, 3.8) is 0 Å². The summed E-state index contributed by atoms with van der Waals surface area (Å²) in [7, 11) is 3.18. The number of nitrogens with zero attached hydrogens (tertiary/aromatic N) is 4. The zero-order chi connectivity index (χ0) is 25.2. The van der Waals surface area contributed by atoms with Crippen molar-refractivity contribution in [1.29, 1.82) is 0 Å². The summed E-state index contributed by atoms with van der Waals surface area (Å²) in [5, 5.41) is 7.71. The summed E-state index contributed by atoms with van der Waals surface area (Å²) in [6.07, 6.45) is 1.83. The van der Waals surface area contributed by atoms with Crippen LogP contribution in [0.15, 0.2) is 47.6 Å². The molecule has 1 aromatic heterocycles. The Morgan fingerprint density at radius 3 is 2.50 bits per heavy atom. The van der Waals surface area contributed by atoms with Gasteiger partial charge in [-0.3, -0.25) is 10.2 Å². The maximum atomic E-state index is 13.3. The molecule has 10 nitrogen and oxygen atoms in total. The molecule has 10 heteroatoms. The van der Waals surface area contributed by atoms with Gasteiger partial charge in [-0.1, -0.05) is 18.2 Å². The van der Waals surface area contributed by atoms with E-state index in [1.165, 1.54) is 0 Å². The van der Waals surface area contributed by atoms with Crippen LogP contribution in [0.25, 0.3) is 0 Å². The number of rotatable bonds is 4. The molecule has 0 radical (unpaired) electrons. The van der Waals surface area contributed by atoms with Crippen LogP contribution >= 0.6 is 0 Å². The number of hydrogen-bond donors (Lipinski definition) is 1. The van der Waals surface area contributed by atoms with Gasteiger partial charge in [0.1, 0.15) is 11.9 Å². The number of amides is 2. The van der Waals surface area contributed by atoms with E-state index < -0.39 is 6.04 Å². The summed E-state index contributed by atoms with van der Waals surface area (Å²) >= 11 is 0. The van der Waals surface area contributed by atoms with Crippen LogP contribution in [0.5, 0.6) is 23.0 Å². The van der Waals surface area contributed by atoms with Gasteiger partial charge < -0.3 is 18.9 Å². The van der Waals surface area contributed by atoms with Crippen molar-refractivity contribution in [3.8, 4) is 23.0 Å². The minimum atomic E-state index is -0.469. The Balaban J connectivity index is 1.63. The molecule has 4 heterocycles. The first-order valence-electron chi connectivity index (χ1n) is 11.7. The molecule has 1 fully saturated rings. The molecule has 3 aliphatic rings. The number of aromatic nitrogens is 2. The number of carbonyl (C=O) groups is 1. The van der Waals surface area contributed by atoms with E-state index in [-0.39, 0.29) is 24.3 Å². The SMILES string of the molecule is COc1cc([C@H]2c3cnn(C(C)(C)C)c3N=C3NC(=O)N(c4ccccc4)[C@@H]32)c(OC)c2c1OCO2. The molecule has 186 valence electrons. The third kappa shape index (κ3) is 3.13. The van der Waals surface area contributed by atoms with Crippen LogP contribution in [-0.2, 0) is 5.54 Å². The Kier molecular flexibility index (Phi) is 4.89. The molecule has 0 bridgehead atoms. The van der Waals surface area contributed by atoms with E-state index in [2.05, 4.69) is 26.1 Å². The lowest BCUT2D eigenvalue weighted by atomic mass is 9.82. The molecular formula is C26H27N5O5. The van der Waals surface area contributed by atoms with Crippen molar-refractivity contribution in [2.45, 2.75) is 38.3 Å². The van der Waals surface area contributed by atoms with Gasteiger partial charge in [0.05, 0.1) is 26.0 Å². The van der Waals surface area contributed by atoms with Crippen LogP contribution in [0.2, 0.25) is 0 Å². The molecule has 0 saturated carbocycles. The van der Waals surface area contributed by atoms with Gasteiger partial charge in [0.15, 0.2) is 17.3 Å². The summed E-state index contributed by atoms with van der Waals surface area (Å²) in [5.74, 6) is 2.87. The number of benzene rings is 2. The Bertz CT molecular complexity index is 1390. The lowest BCUT2D eigenvalue weighted by Crippen LogP contribution is -2.42. The zero-order valence-corrected chi connectivity index (χ0v) is 20.7. The van der Waals surface area contributed by atoms with Crippen molar-refractivity contribution in [2.24, 2.45) is 4.99 Å². The average Bonchev–Trinajstić information content (AvgIpc) is 3.58. The minimum absolute atomic E-state index is 0.0652. The van der Waals surface area contributed by atoms with E-state index in [4.69, 9.17) is 29.0 Å². The van der Waals surface area contributed by atoms with Crippen LogP contribution in [0.1, 0.15) is 37.8 Å². The standard InChI is InChI=1S/C26H27N5O5/c1-26(2,3)31-24-16(12-27-31)18(15-11-17(33-4)21-22(20(15)34-5)36-13-35-21)19-23(28-24)29-25(32)30(19)14-9-7-6-8-10-14/h6-12,18-19H,13H2,1-5H3,(H,28,29,32)/t18-,19+/m0/s1. The Labute approximate surface area is 208 Å². The number of para-hydroxylation sites is 1. The van der Waals surface area contributed by atoms with Crippen LogP contribution in [0.4, 0.5) is 16.3 Å². The third-order valence-electron chi connectivity index (χ3n) is 6.68. The van der Waals surface area contributed by atoms with E-state index in [1.807, 2.05) is 47.3 Å². The number of anilines is 1. The minimum Gasteiger partial charge on any atom is -0.493 e. The average molecular weight is 490 g/mol. The van der Waals surface area contributed by atoms with Crippen molar-refractivity contribution in [3.05, 3.63) is 53.7 Å². The fraction of sp³-hybridized carbons (Fsp3) is 0.346. The quantitative estimate of drug-likeness (QED) is 0.591. The van der Waals surface area contributed by atoms with Gasteiger partial charge in [-0.25, -0.2) is 14.5 Å². The van der Waals surface area contributed by atoms with Gasteiger partial charge in [-0.05, 0) is 39.0 Å². The second-order valence-corrected chi connectivity index (χ2v) is 9.83. The highest BCUT2D eigenvalue weighted by Gasteiger charge is 2.50. The lowest BCUT2D eigenvalue weighted by molar-refractivity contribution is 0.168. The lowest BCUT2D eigenvalue weighted by Gasteiger charge is -2.34. The first-order chi connectivity index (χ1) is 17.3. The number of amidine groups is 1. The number of carbonyl (C=O) groups excluding carboxylic acids is 1. The highest BCUT2D eigenvalue weighted by Crippen LogP contribution is 2.55. The summed E-state index contributed by atoms with van der Waals surface area (Å²) in [6.45, 7) is 6.26. The predicted molar refractivity (Wildman–Crippen MR) is 133 cm³/mol. The Hall–Kier alpha value is -4.21. The molecule has 0 unspecified atom stereocenters. The van der Waals surface area contributed by atoms with Crippen molar-refractivity contribution < 1.29 is 23.7 Å². The van der Waals surface area contributed by atoms with Crippen LogP contribution < -0.4 is 29.2 Å². The number of fused-ring (bicyclic) bond motifs is 3. The molecule has 2 aromatic carbocycles. The summed E-state index contributed by atoms with van der Waals surface area (Å²) in [5.41, 5.74) is 2.08. The van der Waals surface area contributed by atoms with Crippen LogP contribution in [0, 0.1) is 0 Å². The molecule has 1 saturated heterocycles. The number of nitrogens with one attached hydrogen (secondary N) is 1. The van der Waals surface area contributed by atoms with E-state index in [0.717, 1.165) is 16.8 Å². The molecule has 0 spiro atoms. The first kappa shape index (κ1) is 22.3. The number of ether oxygens (including phenoxy) is 4. The monoisotopic (exact) mass is 489 g/mol. The molecule has 1 N–H and O–H groups in total. The van der Waals surface area contributed by atoms with Gasteiger partial charge >= 0.3 is 6.03 Å². The molecule has 36 heavy (non-hydrogen) atoms. The normalized spacial score (nSPS) is 20.0. The van der Waals surface area contributed by atoms with E-state index in [1.54, 1.807) is 19.1 Å². The van der Waals surface area contributed by atoms with Gasteiger partial charge in [0.25, 0.3) is 0 Å². The van der Waals surface area contributed by atoms with Crippen LogP contribution in [0.3, 0.4) is 0 Å². The molecule has 2 amide bonds. The number of hydrogen-bond acceptors (Lipinski definition) is 7. The smallest absolute Gasteiger partial charge is 0.328 e. The Morgan fingerprint density at radius 2 is 1.81 bits per heavy atom. The molecule has 3 aromatic rings.